The van der Waals surface area contributed by atoms with E-state index in [1.807, 2.05) is 30.3 Å². The molecule has 0 saturated carbocycles. The maximum atomic E-state index is 12.2. The number of amides is 1. The Labute approximate surface area is 137 Å². The van der Waals surface area contributed by atoms with Gasteiger partial charge in [-0.25, -0.2) is 0 Å². The fraction of sp³-hybridized carbons (Fsp3) is 0.111. The highest BCUT2D eigenvalue weighted by Crippen LogP contribution is 2.36. The summed E-state index contributed by atoms with van der Waals surface area (Å²) in [4.78, 5) is 12.2. The van der Waals surface area contributed by atoms with E-state index in [2.05, 4.69) is 10.4 Å². The fourth-order valence-electron chi connectivity index (χ4n) is 2.75. The van der Waals surface area contributed by atoms with Gasteiger partial charge >= 0.3 is 0 Å². The Morgan fingerprint density at radius 2 is 2.08 bits per heavy atom. The Morgan fingerprint density at radius 3 is 2.88 bits per heavy atom. The van der Waals surface area contributed by atoms with Crippen LogP contribution in [0.4, 0.5) is 5.69 Å². The van der Waals surface area contributed by atoms with Gasteiger partial charge in [-0.3, -0.25) is 9.48 Å². The number of carbonyl (C=O) groups excluding carboxylic acids is 1. The number of nitrogens with zero attached hydrogens (tertiary/aromatic N) is 2. The molecule has 120 valence electrons. The van der Waals surface area contributed by atoms with E-state index in [0.717, 1.165) is 16.4 Å². The highest BCUT2D eigenvalue weighted by molar-refractivity contribution is 6.07. The van der Waals surface area contributed by atoms with Crippen molar-refractivity contribution in [2.24, 2.45) is 0 Å². The third-order valence-corrected chi connectivity index (χ3v) is 3.84. The average Bonchev–Trinajstić information content (AvgIpc) is 3.20. The van der Waals surface area contributed by atoms with Crippen molar-refractivity contribution in [3.8, 4) is 5.75 Å². The number of benzene rings is 2. The van der Waals surface area contributed by atoms with Crippen molar-refractivity contribution >= 4 is 33.5 Å². The van der Waals surface area contributed by atoms with Gasteiger partial charge in [-0.05, 0) is 18.2 Å². The second-order valence-electron chi connectivity index (χ2n) is 5.40. The van der Waals surface area contributed by atoms with Gasteiger partial charge in [-0.1, -0.05) is 18.2 Å². The first-order valence-electron chi connectivity index (χ1n) is 7.51. The second kappa shape index (κ2) is 5.73. The molecule has 0 aliphatic heterocycles. The molecule has 0 aliphatic carbocycles. The van der Waals surface area contributed by atoms with Crippen molar-refractivity contribution in [2.75, 3.05) is 12.4 Å². The Morgan fingerprint density at radius 1 is 1.21 bits per heavy atom. The zero-order valence-electron chi connectivity index (χ0n) is 13.0. The molecule has 0 spiro atoms. The molecule has 4 aromatic rings. The summed E-state index contributed by atoms with van der Waals surface area (Å²) < 4.78 is 12.8. The van der Waals surface area contributed by atoms with Crippen molar-refractivity contribution in [3.63, 3.8) is 0 Å². The van der Waals surface area contributed by atoms with Gasteiger partial charge < -0.3 is 14.5 Å². The van der Waals surface area contributed by atoms with Crippen molar-refractivity contribution in [1.82, 2.24) is 9.78 Å². The molecule has 0 atom stereocenters. The SMILES string of the molecule is COc1cc2c(cc1NC(=O)Cn1cccn1)oc1ccccc12. The van der Waals surface area contributed by atoms with Crippen molar-refractivity contribution in [3.05, 3.63) is 54.9 Å². The summed E-state index contributed by atoms with van der Waals surface area (Å²) >= 11 is 0. The third-order valence-electron chi connectivity index (χ3n) is 3.84. The minimum absolute atomic E-state index is 0.133. The van der Waals surface area contributed by atoms with Crippen molar-refractivity contribution in [2.45, 2.75) is 6.54 Å². The molecule has 6 heteroatoms. The lowest BCUT2D eigenvalue weighted by Crippen LogP contribution is -2.19. The first kappa shape index (κ1) is 14.3. The predicted octanol–water partition coefficient (Wildman–Crippen LogP) is 3.43. The van der Waals surface area contributed by atoms with E-state index in [0.29, 0.717) is 17.0 Å². The van der Waals surface area contributed by atoms with Crippen LogP contribution < -0.4 is 10.1 Å². The number of ether oxygens (including phenoxy) is 1. The van der Waals surface area contributed by atoms with Gasteiger partial charge in [0.1, 0.15) is 23.5 Å². The minimum Gasteiger partial charge on any atom is -0.495 e. The Kier molecular flexibility index (Phi) is 3.42. The number of hydrogen-bond acceptors (Lipinski definition) is 4. The maximum Gasteiger partial charge on any atom is 0.246 e. The van der Waals surface area contributed by atoms with Crippen LogP contribution in [0.25, 0.3) is 21.9 Å². The van der Waals surface area contributed by atoms with E-state index in [-0.39, 0.29) is 12.5 Å². The summed E-state index contributed by atoms with van der Waals surface area (Å²) in [5, 5.41) is 8.84. The van der Waals surface area contributed by atoms with Crippen LogP contribution in [0.2, 0.25) is 0 Å². The number of fused-ring (bicyclic) bond motifs is 3. The van der Waals surface area contributed by atoms with Crippen LogP contribution in [0.3, 0.4) is 0 Å². The third kappa shape index (κ3) is 2.48. The molecule has 1 amide bonds. The van der Waals surface area contributed by atoms with Crippen molar-refractivity contribution < 1.29 is 13.9 Å². The Balaban J connectivity index is 1.71. The highest BCUT2D eigenvalue weighted by atomic mass is 16.5. The van der Waals surface area contributed by atoms with Crippen LogP contribution >= 0.6 is 0 Å². The molecule has 24 heavy (non-hydrogen) atoms. The van der Waals surface area contributed by atoms with E-state index < -0.39 is 0 Å². The first-order chi connectivity index (χ1) is 11.7. The van der Waals surface area contributed by atoms with E-state index in [1.165, 1.54) is 0 Å². The number of carbonyl (C=O) groups is 1. The maximum absolute atomic E-state index is 12.2. The largest absolute Gasteiger partial charge is 0.495 e. The fourth-order valence-corrected chi connectivity index (χ4v) is 2.75. The molecule has 4 rings (SSSR count). The summed E-state index contributed by atoms with van der Waals surface area (Å²) in [5.41, 5.74) is 2.07. The normalized spacial score (nSPS) is 11.0. The quantitative estimate of drug-likeness (QED) is 0.625. The predicted molar refractivity (Wildman–Crippen MR) is 91.1 cm³/mol. The number of hydrogen-bond donors (Lipinski definition) is 1. The number of furan rings is 1. The van der Waals surface area contributed by atoms with Crippen LogP contribution in [-0.2, 0) is 11.3 Å². The van der Waals surface area contributed by atoms with Gasteiger partial charge in [-0.2, -0.15) is 5.10 Å². The molecule has 0 fully saturated rings. The molecule has 0 unspecified atom stereocenters. The van der Waals surface area contributed by atoms with E-state index in [9.17, 15) is 4.79 Å². The lowest BCUT2D eigenvalue weighted by molar-refractivity contribution is -0.116. The molecule has 6 nitrogen and oxygen atoms in total. The monoisotopic (exact) mass is 321 g/mol. The van der Waals surface area contributed by atoms with Gasteiger partial charge in [0.2, 0.25) is 5.91 Å². The van der Waals surface area contributed by atoms with Gasteiger partial charge in [0.25, 0.3) is 0 Å². The van der Waals surface area contributed by atoms with E-state index in [1.54, 1.807) is 36.3 Å². The van der Waals surface area contributed by atoms with Gasteiger partial charge in [-0.15, -0.1) is 0 Å². The smallest absolute Gasteiger partial charge is 0.246 e. The lowest BCUT2D eigenvalue weighted by atomic mass is 10.1. The molecular formula is C18H15N3O3. The standard InChI is InChI=1S/C18H15N3O3/c1-23-17-9-13-12-5-2-3-6-15(12)24-16(13)10-14(17)20-18(22)11-21-8-4-7-19-21/h2-10H,11H2,1H3,(H,20,22). The molecule has 1 N–H and O–H groups in total. The number of para-hydroxylation sites is 1. The van der Waals surface area contributed by atoms with E-state index in [4.69, 9.17) is 9.15 Å². The summed E-state index contributed by atoms with van der Waals surface area (Å²) in [7, 11) is 1.58. The topological polar surface area (TPSA) is 69.3 Å². The van der Waals surface area contributed by atoms with Crippen LogP contribution in [0.15, 0.2) is 59.3 Å². The zero-order chi connectivity index (χ0) is 16.5. The van der Waals surface area contributed by atoms with Crippen LogP contribution in [0.1, 0.15) is 0 Å². The molecule has 2 aromatic carbocycles. The van der Waals surface area contributed by atoms with Gasteiger partial charge in [0.15, 0.2) is 0 Å². The molecule has 0 saturated heterocycles. The number of aromatic nitrogens is 2. The molecule has 0 radical (unpaired) electrons. The van der Waals surface area contributed by atoms with Crippen LogP contribution in [0.5, 0.6) is 5.75 Å². The Bertz CT molecular complexity index is 1020. The summed E-state index contributed by atoms with van der Waals surface area (Å²) in [6, 6.07) is 13.2. The molecule has 0 bridgehead atoms. The number of nitrogens with one attached hydrogen (secondary N) is 1. The van der Waals surface area contributed by atoms with Crippen LogP contribution in [0, 0.1) is 0 Å². The highest BCUT2D eigenvalue weighted by Gasteiger charge is 2.14. The summed E-state index contributed by atoms with van der Waals surface area (Å²) in [6.07, 6.45) is 3.37. The average molecular weight is 321 g/mol. The minimum atomic E-state index is -0.188. The first-order valence-corrected chi connectivity index (χ1v) is 7.51. The van der Waals surface area contributed by atoms with Gasteiger partial charge in [0, 0.05) is 29.2 Å². The number of anilines is 1. The zero-order valence-corrected chi connectivity index (χ0v) is 13.0. The lowest BCUT2D eigenvalue weighted by Gasteiger charge is -2.10. The molecule has 2 heterocycles. The second-order valence-corrected chi connectivity index (χ2v) is 5.40. The van der Waals surface area contributed by atoms with Crippen LogP contribution in [-0.4, -0.2) is 22.8 Å². The van der Waals surface area contributed by atoms with Gasteiger partial charge in [0.05, 0.1) is 12.8 Å². The summed E-state index contributed by atoms with van der Waals surface area (Å²) in [6.45, 7) is 0.133. The van der Waals surface area contributed by atoms with Crippen molar-refractivity contribution in [1.29, 1.82) is 0 Å². The number of methoxy groups -OCH3 is 1. The molecule has 2 aromatic heterocycles. The Hall–Kier alpha value is -3.28. The van der Waals surface area contributed by atoms with E-state index >= 15 is 0 Å². The molecule has 0 aliphatic rings. The molecular weight excluding hydrogens is 306 g/mol. The summed E-state index contributed by atoms with van der Waals surface area (Å²) in [5.74, 6) is 0.398. The number of rotatable bonds is 4.